The first-order chi connectivity index (χ1) is 7.13. The van der Waals surface area contributed by atoms with Crippen LogP contribution in [0.2, 0.25) is 0 Å². The monoisotopic (exact) mass is 227 g/mol. The number of esters is 1. The van der Waals surface area contributed by atoms with Crippen molar-refractivity contribution in [2.45, 2.75) is 0 Å². The van der Waals surface area contributed by atoms with Gasteiger partial charge in [-0.2, -0.15) is 0 Å². The van der Waals surface area contributed by atoms with Crippen LogP contribution in [-0.2, 0) is 4.74 Å². The average Bonchev–Trinajstić information content (AvgIpc) is 2.60. The molecule has 1 heterocycles. The van der Waals surface area contributed by atoms with Gasteiger partial charge in [0.1, 0.15) is 5.52 Å². The molecule has 15 heavy (non-hydrogen) atoms. The van der Waals surface area contributed by atoms with E-state index in [0.29, 0.717) is 0 Å². The van der Waals surface area contributed by atoms with Crippen molar-refractivity contribution in [3.63, 3.8) is 0 Å². The molecule has 78 valence electrons. The highest BCUT2D eigenvalue weighted by Gasteiger charge is 2.16. The van der Waals surface area contributed by atoms with E-state index in [2.05, 4.69) is 9.72 Å². The second kappa shape index (κ2) is 3.47. The van der Waals surface area contributed by atoms with Crippen LogP contribution in [0.1, 0.15) is 10.4 Å². The molecule has 1 aromatic carbocycles. The average molecular weight is 227 g/mol. The third-order valence-electron chi connectivity index (χ3n) is 1.94. The topological polar surface area (TPSA) is 55.2 Å². The van der Waals surface area contributed by atoms with Crippen LogP contribution in [0.15, 0.2) is 16.5 Å². The minimum Gasteiger partial charge on any atom is -0.465 e. The zero-order valence-electron chi connectivity index (χ0n) is 7.67. The van der Waals surface area contributed by atoms with Crippen LogP contribution in [-0.4, -0.2) is 18.1 Å². The molecule has 4 nitrogen and oxygen atoms in total. The summed E-state index contributed by atoms with van der Waals surface area (Å²) in [7, 11) is 1.24. The fourth-order valence-electron chi connectivity index (χ4n) is 1.28. The first-order valence-corrected chi connectivity index (χ1v) is 4.44. The third-order valence-corrected chi connectivity index (χ3v) is 2.12. The van der Waals surface area contributed by atoms with Crippen LogP contribution >= 0.6 is 12.2 Å². The van der Waals surface area contributed by atoms with Gasteiger partial charge in [-0.25, -0.2) is 9.18 Å². The van der Waals surface area contributed by atoms with Crippen molar-refractivity contribution in [1.29, 1.82) is 0 Å². The number of fused-ring (bicyclic) bond motifs is 1. The van der Waals surface area contributed by atoms with Crippen LogP contribution in [0.25, 0.3) is 11.1 Å². The lowest BCUT2D eigenvalue weighted by Gasteiger charge is -1.99. The molecular formula is C9H6FNO3S. The van der Waals surface area contributed by atoms with Crippen molar-refractivity contribution in [3.8, 4) is 0 Å². The summed E-state index contributed by atoms with van der Waals surface area (Å²) in [5, 5.41) is 0. The molecule has 0 spiro atoms. The van der Waals surface area contributed by atoms with E-state index in [1.54, 1.807) is 0 Å². The van der Waals surface area contributed by atoms with E-state index in [9.17, 15) is 9.18 Å². The van der Waals surface area contributed by atoms with E-state index >= 15 is 0 Å². The molecule has 0 radical (unpaired) electrons. The van der Waals surface area contributed by atoms with Crippen LogP contribution in [0.4, 0.5) is 4.39 Å². The lowest BCUT2D eigenvalue weighted by molar-refractivity contribution is 0.0602. The van der Waals surface area contributed by atoms with Gasteiger partial charge >= 0.3 is 5.97 Å². The van der Waals surface area contributed by atoms with Crippen molar-refractivity contribution in [2.75, 3.05) is 7.11 Å². The maximum atomic E-state index is 13.2. The Morgan fingerprint density at radius 1 is 1.60 bits per heavy atom. The number of oxazole rings is 1. The smallest absolute Gasteiger partial charge is 0.340 e. The number of carbonyl (C=O) groups is 1. The van der Waals surface area contributed by atoms with Crippen molar-refractivity contribution in [1.82, 2.24) is 4.98 Å². The first-order valence-electron chi connectivity index (χ1n) is 4.03. The van der Waals surface area contributed by atoms with E-state index < -0.39 is 11.8 Å². The summed E-state index contributed by atoms with van der Waals surface area (Å²) in [5.74, 6) is -1.16. The number of carbonyl (C=O) groups excluding carboxylic acids is 1. The van der Waals surface area contributed by atoms with Gasteiger partial charge in [-0.3, -0.25) is 0 Å². The quantitative estimate of drug-likeness (QED) is 0.600. The molecule has 0 aliphatic heterocycles. The van der Waals surface area contributed by atoms with Gasteiger partial charge in [0.25, 0.3) is 4.84 Å². The molecule has 0 atom stereocenters. The van der Waals surface area contributed by atoms with Gasteiger partial charge in [0, 0.05) is 0 Å². The standard InChI is InChI=1S/C9H6FNO3S/c1-13-8(12)4-2-3-5(10)7-6(4)11-9(15)14-7/h2-3H,1H3,(H,11,15). The number of rotatable bonds is 1. The molecule has 1 aromatic heterocycles. The number of aromatic nitrogens is 1. The van der Waals surface area contributed by atoms with Gasteiger partial charge in [-0.1, -0.05) is 0 Å². The fraction of sp³-hybridized carbons (Fsp3) is 0.111. The minimum absolute atomic E-state index is 0.0141. The number of hydrogen-bond acceptors (Lipinski definition) is 4. The van der Waals surface area contributed by atoms with Crippen molar-refractivity contribution in [2.24, 2.45) is 0 Å². The van der Waals surface area contributed by atoms with Crippen molar-refractivity contribution in [3.05, 3.63) is 28.4 Å². The predicted octanol–water partition coefficient (Wildman–Crippen LogP) is 2.42. The summed E-state index contributed by atoms with van der Waals surface area (Å²) in [6, 6.07) is 2.44. The Morgan fingerprint density at radius 2 is 2.33 bits per heavy atom. The lowest BCUT2D eigenvalue weighted by Crippen LogP contribution is -2.02. The maximum Gasteiger partial charge on any atom is 0.340 e. The molecular weight excluding hydrogens is 221 g/mol. The van der Waals surface area contributed by atoms with E-state index in [1.165, 1.54) is 13.2 Å². The molecule has 2 rings (SSSR count). The number of aromatic amines is 1. The second-order valence-corrected chi connectivity index (χ2v) is 3.18. The number of methoxy groups -OCH3 is 1. The molecule has 6 heteroatoms. The van der Waals surface area contributed by atoms with Gasteiger partial charge in [0.05, 0.1) is 12.7 Å². The van der Waals surface area contributed by atoms with E-state index in [0.717, 1.165) is 6.07 Å². The normalized spacial score (nSPS) is 10.5. The zero-order chi connectivity index (χ0) is 11.0. The summed E-state index contributed by atoms with van der Waals surface area (Å²) in [4.78, 5) is 13.9. The number of H-pyrrole nitrogens is 1. The molecule has 2 aromatic rings. The molecule has 1 N–H and O–H groups in total. The highest BCUT2D eigenvalue weighted by atomic mass is 32.1. The van der Waals surface area contributed by atoms with E-state index in [1.807, 2.05) is 0 Å². The summed E-state index contributed by atoms with van der Waals surface area (Å²) < 4.78 is 22.7. The van der Waals surface area contributed by atoms with Gasteiger partial charge in [0.15, 0.2) is 11.4 Å². The number of halogens is 1. The molecule has 0 fully saturated rings. The van der Waals surface area contributed by atoms with E-state index in [4.69, 9.17) is 16.6 Å². The van der Waals surface area contributed by atoms with Gasteiger partial charge < -0.3 is 14.1 Å². The Morgan fingerprint density at radius 3 is 3.00 bits per heavy atom. The lowest BCUT2D eigenvalue weighted by atomic mass is 10.2. The van der Waals surface area contributed by atoms with Crippen LogP contribution in [0.3, 0.4) is 0 Å². The Labute approximate surface area is 88.7 Å². The van der Waals surface area contributed by atoms with Crippen LogP contribution in [0, 0.1) is 10.7 Å². The number of benzene rings is 1. The Hall–Kier alpha value is -1.69. The van der Waals surface area contributed by atoms with Gasteiger partial charge in [-0.05, 0) is 24.4 Å². The minimum atomic E-state index is -0.579. The number of nitrogens with one attached hydrogen (secondary N) is 1. The maximum absolute atomic E-state index is 13.2. The summed E-state index contributed by atoms with van der Waals surface area (Å²) in [6.07, 6.45) is 0. The molecule has 0 unspecified atom stereocenters. The summed E-state index contributed by atoms with van der Waals surface area (Å²) in [5.41, 5.74) is 0.337. The van der Waals surface area contributed by atoms with Crippen LogP contribution < -0.4 is 0 Å². The first kappa shape index (κ1) is 9.85. The molecule has 0 bridgehead atoms. The zero-order valence-corrected chi connectivity index (χ0v) is 8.48. The fourth-order valence-corrected chi connectivity index (χ4v) is 1.47. The van der Waals surface area contributed by atoms with Crippen LogP contribution in [0.5, 0.6) is 0 Å². The van der Waals surface area contributed by atoms with Crippen molar-refractivity contribution >= 4 is 29.3 Å². The SMILES string of the molecule is COC(=O)c1ccc(F)c2oc(=S)[nH]c12. The highest BCUT2D eigenvalue weighted by molar-refractivity contribution is 7.71. The van der Waals surface area contributed by atoms with Crippen molar-refractivity contribution < 1.29 is 18.3 Å². The van der Waals surface area contributed by atoms with Gasteiger partial charge in [-0.15, -0.1) is 0 Å². The Kier molecular flexibility index (Phi) is 2.28. The molecule has 0 aliphatic carbocycles. The molecule has 0 amide bonds. The number of hydrogen-bond donors (Lipinski definition) is 1. The second-order valence-electron chi connectivity index (χ2n) is 2.81. The summed E-state index contributed by atoms with van der Waals surface area (Å²) in [6.45, 7) is 0. The molecule has 0 saturated heterocycles. The Balaban J connectivity index is 2.82. The molecule has 0 aliphatic rings. The number of ether oxygens (including phenoxy) is 1. The third kappa shape index (κ3) is 1.52. The largest absolute Gasteiger partial charge is 0.465 e. The summed E-state index contributed by atoms with van der Waals surface area (Å²) >= 11 is 4.71. The highest BCUT2D eigenvalue weighted by Crippen LogP contribution is 2.21. The predicted molar refractivity (Wildman–Crippen MR) is 52.7 cm³/mol. The Bertz CT molecular complexity index is 587. The van der Waals surface area contributed by atoms with Gasteiger partial charge in [0.2, 0.25) is 0 Å². The van der Waals surface area contributed by atoms with E-state index in [-0.39, 0.29) is 21.5 Å². The molecule has 0 saturated carbocycles.